The Hall–Kier alpha value is -0.380. The molecule has 0 heterocycles. The molecule has 0 unspecified atom stereocenters. The van der Waals surface area contributed by atoms with Crippen LogP contribution in [-0.4, -0.2) is 38.0 Å². The fraction of sp³-hybridized carbons (Fsp3) is 0.818. The number of aliphatic hydroxyl groups is 1. The van der Waals surface area contributed by atoms with E-state index in [1.165, 1.54) is 19.3 Å². The summed E-state index contributed by atoms with van der Waals surface area (Å²) in [7, 11) is 0. The number of ether oxygens (including phenoxy) is 1. The van der Waals surface area contributed by atoms with E-state index < -0.39 is 0 Å². The predicted molar refractivity (Wildman–Crippen MR) is 59.4 cm³/mol. The molecule has 0 radical (unpaired) electrons. The van der Waals surface area contributed by atoms with Gasteiger partial charge in [0.25, 0.3) is 0 Å². The molecule has 0 saturated carbocycles. The molecule has 0 fully saturated rings. The Morgan fingerprint density at radius 1 is 1.14 bits per heavy atom. The minimum absolute atomic E-state index is 0.113. The summed E-state index contributed by atoms with van der Waals surface area (Å²) in [5.74, 6) is 0. The Bertz CT molecular complexity index is 118. The van der Waals surface area contributed by atoms with E-state index in [2.05, 4.69) is 11.9 Å². The summed E-state index contributed by atoms with van der Waals surface area (Å²) in [6.07, 6.45) is 6.81. The van der Waals surface area contributed by atoms with Crippen LogP contribution in [0.1, 0.15) is 25.7 Å². The fourth-order valence-electron chi connectivity index (χ4n) is 1.15. The molecule has 14 heavy (non-hydrogen) atoms. The van der Waals surface area contributed by atoms with Crippen molar-refractivity contribution in [3.63, 3.8) is 0 Å². The second kappa shape index (κ2) is 12.6. The van der Waals surface area contributed by atoms with Crippen molar-refractivity contribution in [1.82, 2.24) is 5.32 Å². The Labute approximate surface area is 87.2 Å². The molecule has 3 heteroatoms. The van der Waals surface area contributed by atoms with Gasteiger partial charge >= 0.3 is 0 Å². The Morgan fingerprint density at radius 3 is 2.71 bits per heavy atom. The number of hydrogen-bond donors (Lipinski definition) is 2. The molecule has 0 aromatic rings. The molecule has 84 valence electrons. The maximum Gasteiger partial charge on any atom is 0.0698 e. The van der Waals surface area contributed by atoms with E-state index in [1.807, 2.05) is 6.08 Å². The Kier molecular flexibility index (Phi) is 12.3. The number of nitrogens with one attached hydrogen (secondary N) is 1. The third kappa shape index (κ3) is 11.6. The quantitative estimate of drug-likeness (QED) is 0.391. The second-order valence-corrected chi connectivity index (χ2v) is 3.22. The van der Waals surface area contributed by atoms with E-state index in [1.54, 1.807) is 0 Å². The largest absolute Gasteiger partial charge is 0.394 e. The molecule has 0 atom stereocenters. The molecule has 0 spiro atoms. The van der Waals surface area contributed by atoms with Gasteiger partial charge in [-0.2, -0.15) is 0 Å². The van der Waals surface area contributed by atoms with Crippen LogP contribution in [0.4, 0.5) is 0 Å². The third-order valence-corrected chi connectivity index (χ3v) is 1.92. The van der Waals surface area contributed by atoms with Crippen molar-refractivity contribution >= 4 is 0 Å². The van der Waals surface area contributed by atoms with Crippen LogP contribution < -0.4 is 5.32 Å². The van der Waals surface area contributed by atoms with Crippen LogP contribution in [0, 0.1) is 0 Å². The summed E-state index contributed by atoms with van der Waals surface area (Å²) in [6.45, 7) is 6.86. The summed E-state index contributed by atoms with van der Waals surface area (Å²) >= 11 is 0. The summed E-state index contributed by atoms with van der Waals surface area (Å²) in [4.78, 5) is 0. The topological polar surface area (TPSA) is 41.5 Å². The first-order valence-electron chi connectivity index (χ1n) is 5.42. The number of allylic oxidation sites excluding steroid dienone is 1. The van der Waals surface area contributed by atoms with Crippen LogP contribution in [0.5, 0.6) is 0 Å². The summed E-state index contributed by atoms with van der Waals surface area (Å²) in [6, 6.07) is 0. The Morgan fingerprint density at radius 2 is 2.00 bits per heavy atom. The smallest absolute Gasteiger partial charge is 0.0698 e. The maximum atomic E-state index is 8.44. The highest BCUT2D eigenvalue weighted by molar-refractivity contribution is 4.65. The molecule has 0 saturated heterocycles. The van der Waals surface area contributed by atoms with E-state index in [9.17, 15) is 0 Å². The van der Waals surface area contributed by atoms with Gasteiger partial charge in [-0.25, -0.2) is 0 Å². The van der Waals surface area contributed by atoms with Crippen LogP contribution >= 0.6 is 0 Å². The van der Waals surface area contributed by atoms with Crippen LogP contribution in [0.3, 0.4) is 0 Å². The van der Waals surface area contributed by atoms with Crippen LogP contribution in [0.15, 0.2) is 12.7 Å². The SMILES string of the molecule is C=CCCCCCNCCOCCO. The molecule has 0 aliphatic heterocycles. The lowest BCUT2D eigenvalue weighted by molar-refractivity contribution is 0.0939. The van der Waals surface area contributed by atoms with Gasteiger partial charge in [0.15, 0.2) is 0 Å². The fourth-order valence-corrected chi connectivity index (χ4v) is 1.15. The molecule has 0 aromatic carbocycles. The minimum Gasteiger partial charge on any atom is -0.394 e. The molecule has 0 aliphatic carbocycles. The van der Waals surface area contributed by atoms with E-state index in [0.717, 1.165) is 19.5 Å². The molecule has 0 aliphatic rings. The van der Waals surface area contributed by atoms with E-state index in [4.69, 9.17) is 9.84 Å². The number of hydrogen-bond acceptors (Lipinski definition) is 3. The Balaban J connectivity index is 2.81. The van der Waals surface area contributed by atoms with Crippen LogP contribution in [0.2, 0.25) is 0 Å². The first-order valence-corrected chi connectivity index (χ1v) is 5.42. The maximum absolute atomic E-state index is 8.44. The van der Waals surface area contributed by atoms with Gasteiger partial charge in [0.05, 0.1) is 19.8 Å². The zero-order chi connectivity index (χ0) is 10.5. The lowest BCUT2D eigenvalue weighted by Gasteiger charge is -2.04. The highest BCUT2D eigenvalue weighted by Crippen LogP contribution is 1.98. The first-order chi connectivity index (χ1) is 6.91. The molecule has 0 rings (SSSR count). The van der Waals surface area contributed by atoms with Crippen molar-refractivity contribution < 1.29 is 9.84 Å². The van der Waals surface area contributed by atoms with Crippen molar-refractivity contribution in [1.29, 1.82) is 0 Å². The van der Waals surface area contributed by atoms with E-state index >= 15 is 0 Å². The van der Waals surface area contributed by atoms with Gasteiger partial charge in [0, 0.05) is 6.54 Å². The van der Waals surface area contributed by atoms with Gasteiger partial charge in [-0.05, 0) is 25.8 Å². The number of aliphatic hydroxyl groups excluding tert-OH is 1. The average Bonchev–Trinajstić information content (AvgIpc) is 2.21. The molecule has 0 aromatic heterocycles. The highest BCUT2D eigenvalue weighted by atomic mass is 16.5. The van der Waals surface area contributed by atoms with Crippen molar-refractivity contribution in [3.8, 4) is 0 Å². The first kappa shape index (κ1) is 13.6. The zero-order valence-electron chi connectivity index (χ0n) is 9.00. The zero-order valence-corrected chi connectivity index (χ0v) is 9.00. The van der Waals surface area contributed by atoms with Gasteiger partial charge in [0.1, 0.15) is 0 Å². The summed E-state index contributed by atoms with van der Waals surface area (Å²) < 4.78 is 5.10. The average molecular weight is 201 g/mol. The van der Waals surface area contributed by atoms with Gasteiger partial charge in [-0.1, -0.05) is 12.5 Å². The normalized spacial score (nSPS) is 10.4. The lowest BCUT2D eigenvalue weighted by Crippen LogP contribution is -2.21. The van der Waals surface area contributed by atoms with Crippen LogP contribution in [0.25, 0.3) is 0 Å². The highest BCUT2D eigenvalue weighted by Gasteiger charge is 1.89. The van der Waals surface area contributed by atoms with Gasteiger partial charge < -0.3 is 15.2 Å². The summed E-state index contributed by atoms with van der Waals surface area (Å²) in [5.41, 5.74) is 0. The molecule has 0 amide bonds. The molecule has 3 nitrogen and oxygen atoms in total. The van der Waals surface area contributed by atoms with Gasteiger partial charge in [-0.3, -0.25) is 0 Å². The van der Waals surface area contributed by atoms with Crippen molar-refractivity contribution in [2.24, 2.45) is 0 Å². The van der Waals surface area contributed by atoms with Crippen molar-refractivity contribution in [2.45, 2.75) is 25.7 Å². The van der Waals surface area contributed by atoms with E-state index in [-0.39, 0.29) is 6.61 Å². The minimum atomic E-state index is 0.113. The molecular formula is C11H23NO2. The molecular weight excluding hydrogens is 178 g/mol. The van der Waals surface area contributed by atoms with Crippen molar-refractivity contribution in [2.75, 3.05) is 32.9 Å². The third-order valence-electron chi connectivity index (χ3n) is 1.92. The number of rotatable bonds is 11. The molecule has 2 N–H and O–H groups in total. The van der Waals surface area contributed by atoms with Gasteiger partial charge in [0.2, 0.25) is 0 Å². The van der Waals surface area contributed by atoms with Gasteiger partial charge in [-0.15, -0.1) is 6.58 Å². The number of unbranched alkanes of at least 4 members (excludes halogenated alkanes) is 3. The molecule has 0 bridgehead atoms. The second-order valence-electron chi connectivity index (χ2n) is 3.22. The van der Waals surface area contributed by atoms with Crippen molar-refractivity contribution in [3.05, 3.63) is 12.7 Å². The predicted octanol–water partition coefficient (Wildman–Crippen LogP) is 1.33. The lowest BCUT2D eigenvalue weighted by atomic mass is 10.2. The van der Waals surface area contributed by atoms with E-state index in [0.29, 0.717) is 13.2 Å². The summed E-state index contributed by atoms with van der Waals surface area (Å²) in [5, 5.41) is 11.7. The van der Waals surface area contributed by atoms with Crippen LogP contribution in [-0.2, 0) is 4.74 Å². The monoisotopic (exact) mass is 201 g/mol. The standard InChI is InChI=1S/C11H23NO2/c1-2-3-4-5-6-7-12-8-10-14-11-9-13/h2,12-13H,1,3-11H2.